The van der Waals surface area contributed by atoms with E-state index < -0.39 is 16.6 Å². The van der Waals surface area contributed by atoms with Crippen LogP contribution in [0.1, 0.15) is 47.5 Å². The zero-order valence-electron chi connectivity index (χ0n) is 19.6. The third kappa shape index (κ3) is 3.74. The molecule has 2 aliphatic heterocycles. The average Bonchev–Trinajstić information content (AvgIpc) is 2.87. The van der Waals surface area contributed by atoms with Crippen LogP contribution in [0.15, 0.2) is 28.0 Å². The molecule has 3 rings (SSSR count). The van der Waals surface area contributed by atoms with E-state index in [2.05, 4.69) is 76.3 Å². The molecule has 0 aromatic rings. The average molecular weight is 420 g/mol. The van der Waals surface area contributed by atoms with Crippen LogP contribution in [0.5, 0.6) is 0 Å². The van der Waals surface area contributed by atoms with Gasteiger partial charge in [-0.1, -0.05) is 39.4 Å². The normalized spacial score (nSPS) is 24.2. The lowest BCUT2D eigenvalue weighted by Crippen LogP contribution is -2.63. The van der Waals surface area contributed by atoms with Crippen molar-refractivity contribution in [3.63, 3.8) is 0 Å². The van der Waals surface area contributed by atoms with Gasteiger partial charge in [-0.2, -0.15) is 0 Å². The van der Waals surface area contributed by atoms with Crippen molar-refractivity contribution in [1.29, 1.82) is 0 Å². The van der Waals surface area contributed by atoms with Gasteiger partial charge >= 0.3 is 0 Å². The molecule has 0 spiro atoms. The highest BCUT2D eigenvalue weighted by atomic mass is 28.4. The van der Waals surface area contributed by atoms with Gasteiger partial charge in [-0.15, -0.1) is 0 Å². The third-order valence-corrected chi connectivity index (χ3v) is 15.8. The fraction of sp³-hybridized carbons (Fsp3) is 0.773. The van der Waals surface area contributed by atoms with Gasteiger partial charge in [-0.25, -0.2) is 0 Å². The molecule has 1 aliphatic carbocycles. The largest absolute Gasteiger partial charge is 0.546 e. The smallest absolute Gasteiger partial charge is 0.250 e. The first kappa shape index (κ1) is 21.7. The number of allylic oxidation sites excluding steroid dienone is 3. The van der Waals surface area contributed by atoms with Crippen molar-refractivity contribution in [2.75, 3.05) is 26.2 Å². The molecule has 1 atom stereocenters. The number of guanidine groups is 1. The van der Waals surface area contributed by atoms with E-state index in [1.54, 1.807) is 0 Å². The highest BCUT2D eigenvalue weighted by Gasteiger charge is 2.49. The summed E-state index contributed by atoms with van der Waals surface area (Å²) in [5.41, 5.74) is 3.34. The van der Waals surface area contributed by atoms with E-state index in [-0.39, 0.29) is 5.04 Å². The van der Waals surface area contributed by atoms with Gasteiger partial charge in [0, 0.05) is 31.7 Å². The Hall–Kier alpha value is -1.02. The van der Waals surface area contributed by atoms with Crippen LogP contribution in [0.2, 0.25) is 36.8 Å². The Bertz CT molecular complexity index is 716. The number of hydrogen-bond acceptors (Lipinski definition) is 4. The van der Waals surface area contributed by atoms with Gasteiger partial charge in [0.25, 0.3) is 0 Å². The maximum absolute atomic E-state index is 6.94. The van der Waals surface area contributed by atoms with E-state index >= 15 is 0 Å². The van der Waals surface area contributed by atoms with Crippen LogP contribution >= 0.6 is 0 Å². The van der Waals surface area contributed by atoms with Crippen LogP contribution in [0.25, 0.3) is 0 Å². The van der Waals surface area contributed by atoms with Crippen molar-refractivity contribution in [3.8, 4) is 0 Å². The van der Waals surface area contributed by atoms with Crippen molar-refractivity contribution in [2.45, 2.75) is 84.2 Å². The third-order valence-electron chi connectivity index (χ3n) is 7.45. The van der Waals surface area contributed by atoms with E-state index in [1.807, 2.05) is 0 Å². The molecule has 0 bridgehead atoms. The first-order valence-electron chi connectivity index (χ1n) is 11.0. The van der Waals surface area contributed by atoms with Crippen molar-refractivity contribution < 1.29 is 4.43 Å². The predicted octanol–water partition coefficient (Wildman–Crippen LogP) is 5.58. The van der Waals surface area contributed by atoms with Crippen molar-refractivity contribution in [1.82, 2.24) is 9.47 Å². The van der Waals surface area contributed by atoms with Crippen molar-refractivity contribution in [3.05, 3.63) is 23.0 Å². The van der Waals surface area contributed by atoms with Gasteiger partial charge in [0.15, 0.2) is 14.2 Å². The summed E-state index contributed by atoms with van der Waals surface area (Å²) in [6.07, 6.45) is 4.78. The molecule has 2 heterocycles. The molecule has 4 nitrogen and oxygen atoms in total. The van der Waals surface area contributed by atoms with Crippen molar-refractivity contribution in [2.24, 2.45) is 4.99 Å². The number of aliphatic imine (C=N–C) groups is 1. The number of rotatable bonds is 4. The standard InChI is InChI=1S/C22H41N3OSi2/c1-17-16-19(26-28(8,9)22(3,4)5)20(18(17)2)27(6,7)25-15-11-14-24-13-10-12-23-21(24)25/h16,20H,10-15H2,1-9H3. The van der Waals surface area contributed by atoms with E-state index in [1.165, 1.54) is 48.8 Å². The minimum absolute atomic E-state index is 0.212. The van der Waals surface area contributed by atoms with Gasteiger partial charge < -0.3 is 13.9 Å². The topological polar surface area (TPSA) is 28.1 Å². The molecule has 0 aromatic carbocycles. The summed E-state index contributed by atoms with van der Waals surface area (Å²) in [5.74, 6) is 2.52. The molecule has 1 saturated heterocycles. The summed E-state index contributed by atoms with van der Waals surface area (Å²) in [6, 6.07) is 0. The molecule has 28 heavy (non-hydrogen) atoms. The Balaban J connectivity index is 1.94. The molecular formula is C22H41N3OSi2. The maximum Gasteiger partial charge on any atom is 0.250 e. The number of nitrogens with zero attached hydrogens (tertiary/aromatic N) is 3. The molecule has 158 valence electrons. The zero-order chi connectivity index (χ0) is 20.9. The second-order valence-corrected chi connectivity index (χ2v) is 20.0. The van der Waals surface area contributed by atoms with Gasteiger partial charge in [-0.3, -0.25) is 4.99 Å². The predicted molar refractivity (Wildman–Crippen MR) is 126 cm³/mol. The van der Waals surface area contributed by atoms with Crippen LogP contribution in [0, 0.1) is 0 Å². The fourth-order valence-electron chi connectivity index (χ4n) is 4.60. The molecule has 0 radical (unpaired) electrons. The maximum atomic E-state index is 6.94. The van der Waals surface area contributed by atoms with E-state index in [0.29, 0.717) is 5.54 Å². The second-order valence-electron chi connectivity index (χ2n) is 10.9. The summed E-state index contributed by atoms with van der Waals surface area (Å²) in [6.45, 7) is 25.9. The second kappa shape index (κ2) is 7.35. The molecule has 1 unspecified atom stereocenters. The molecular weight excluding hydrogens is 378 g/mol. The Labute approximate surface area is 175 Å². The summed E-state index contributed by atoms with van der Waals surface area (Å²) in [7, 11) is -3.74. The van der Waals surface area contributed by atoms with Gasteiger partial charge in [0.1, 0.15) is 0 Å². The monoisotopic (exact) mass is 419 g/mol. The minimum Gasteiger partial charge on any atom is -0.546 e. The lowest BCUT2D eigenvalue weighted by molar-refractivity contribution is 0.293. The molecule has 1 fully saturated rings. The van der Waals surface area contributed by atoms with Gasteiger partial charge in [-0.05, 0) is 56.5 Å². The first-order valence-corrected chi connectivity index (χ1v) is 16.9. The molecule has 6 heteroatoms. The quantitative estimate of drug-likeness (QED) is 0.556. The Morgan fingerprint density at radius 3 is 2.32 bits per heavy atom. The van der Waals surface area contributed by atoms with E-state index in [4.69, 9.17) is 9.42 Å². The molecule has 0 N–H and O–H groups in total. The van der Waals surface area contributed by atoms with Gasteiger partial charge in [0.2, 0.25) is 8.32 Å². The molecule has 0 amide bonds. The highest BCUT2D eigenvalue weighted by molar-refractivity contribution is 6.80. The van der Waals surface area contributed by atoms with Crippen LogP contribution in [0.4, 0.5) is 0 Å². The number of hydrogen-bond donors (Lipinski definition) is 0. The Morgan fingerprint density at radius 2 is 1.68 bits per heavy atom. The minimum atomic E-state index is -1.87. The summed E-state index contributed by atoms with van der Waals surface area (Å²) in [4.78, 5) is 7.52. The summed E-state index contributed by atoms with van der Waals surface area (Å²) in [5, 5.41) is 0.212. The van der Waals surface area contributed by atoms with E-state index in [9.17, 15) is 0 Å². The lowest BCUT2D eigenvalue weighted by Gasteiger charge is -2.51. The zero-order valence-corrected chi connectivity index (χ0v) is 21.6. The summed E-state index contributed by atoms with van der Waals surface area (Å²) >= 11 is 0. The van der Waals surface area contributed by atoms with E-state index in [0.717, 1.165) is 13.1 Å². The highest BCUT2D eigenvalue weighted by Crippen LogP contribution is 2.49. The first-order chi connectivity index (χ1) is 12.9. The van der Waals surface area contributed by atoms with Gasteiger partial charge in [0.05, 0.1) is 5.76 Å². The fourth-order valence-corrected chi connectivity index (χ4v) is 9.69. The molecule has 0 aromatic heterocycles. The molecule has 3 aliphatic rings. The van der Waals surface area contributed by atoms with Crippen LogP contribution in [0.3, 0.4) is 0 Å². The SMILES string of the molecule is CC1=C(C)C([Si](C)(C)N2CCCN3CCCN=C32)C(O[Si](C)(C)C(C)(C)C)=C1. The van der Waals surface area contributed by atoms with Crippen LogP contribution < -0.4 is 0 Å². The Kier molecular flexibility index (Phi) is 5.69. The Morgan fingerprint density at radius 1 is 1.04 bits per heavy atom. The summed E-state index contributed by atoms with van der Waals surface area (Å²) < 4.78 is 9.66. The van der Waals surface area contributed by atoms with Crippen LogP contribution in [-0.2, 0) is 4.43 Å². The number of fused-ring (bicyclic) bond motifs is 1. The van der Waals surface area contributed by atoms with Crippen LogP contribution in [-0.4, -0.2) is 58.2 Å². The van der Waals surface area contributed by atoms with Crippen molar-refractivity contribution >= 4 is 22.5 Å². The lowest BCUT2D eigenvalue weighted by atomic mass is 10.2. The molecule has 0 saturated carbocycles.